The number of amides is 1. The topological polar surface area (TPSA) is 92.3 Å². The van der Waals surface area contributed by atoms with Crippen LogP contribution in [0.15, 0.2) is 51.7 Å². The zero-order chi connectivity index (χ0) is 23.3. The summed E-state index contributed by atoms with van der Waals surface area (Å²) < 4.78 is 29.0. The minimum atomic E-state index is -3.97. The molecule has 0 saturated carbocycles. The molecular weight excluding hydrogens is 464 g/mol. The highest BCUT2D eigenvalue weighted by molar-refractivity contribution is 8.01. The molecule has 2 aromatic carbocycles. The van der Waals surface area contributed by atoms with E-state index in [9.17, 15) is 13.2 Å². The molecule has 0 spiro atoms. The van der Waals surface area contributed by atoms with E-state index in [2.05, 4.69) is 22.4 Å². The maximum atomic E-state index is 13.5. The molecule has 0 aliphatic heterocycles. The maximum absolute atomic E-state index is 13.5. The zero-order valence-electron chi connectivity index (χ0n) is 18.5. The van der Waals surface area contributed by atoms with Crippen molar-refractivity contribution < 1.29 is 13.2 Å². The van der Waals surface area contributed by atoms with Crippen molar-refractivity contribution in [3.8, 4) is 0 Å². The van der Waals surface area contributed by atoms with Gasteiger partial charge in [0.1, 0.15) is 6.54 Å². The largest absolute Gasteiger partial charge is 0.299 e. The highest BCUT2D eigenvalue weighted by Crippen LogP contribution is 2.29. The third-order valence-corrected chi connectivity index (χ3v) is 8.78. The number of sulfonamides is 1. The molecule has 0 aliphatic carbocycles. The second-order valence-electron chi connectivity index (χ2n) is 7.31. The van der Waals surface area contributed by atoms with Crippen LogP contribution in [0.1, 0.15) is 30.0 Å². The Kier molecular flexibility index (Phi) is 7.91. The highest BCUT2D eigenvalue weighted by atomic mass is 32.2. The summed E-state index contributed by atoms with van der Waals surface area (Å²) in [5.74, 6) is 0.433. The van der Waals surface area contributed by atoms with Crippen LogP contribution in [0.25, 0.3) is 0 Å². The second kappa shape index (κ2) is 10.5. The lowest BCUT2D eigenvalue weighted by Crippen LogP contribution is -2.38. The number of hydrogen-bond acceptors (Lipinski definition) is 7. The fourth-order valence-corrected chi connectivity index (χ4v) is 6.11. The summed E-state index contributed by atoms with van der Waals surface area (Å²) >= 11 is 2.85. The third-order valence-electron chi connectivity index (χ3n) is 4.82. The molecule has 0 unspecified atom stereocenters. The monoisotopic (exact) mass is 490 g/mol. The van der Waals surface area contributed by atoms with Gasteiger partial charge < -0.3 is 0 Å². The van der Waals surface area contributed by atoms with Crippen molar-refractivity contribution in [2.24, 2.45) is 0 Å². The van der Waals surface area contributed by atoms with Crippen molar-refractivity contribution in [1.82, 2.24) is 10.2 Å². The predicted octanol–water partition coefficient (Wildman–Crippen LogP) is 4.80. The van der Waals surface area contributed by atoms with E-state index in [1.54, 1.807) is 48.2 Å². The molecule has 7 nitrogen and oxygen atoms in total. The number of benzene rings is 2. The Labute approximate surface area is 197 Å². The molecule has 1 N–H and O–H groups in total. The molecule has 1 heterocycles. The molecule has 3 rings (SSSR count). The summed E-state index contributed by atoms with van der Waals surface area (Å²) in [4.78, 5) is 13.0. The molecule has 0 fully saturated rings. The molecule has 0 bridgehead atoms. The van der Waals surface area contributed by atoms with Crippen LogP contribution in [0, 0.1) is 20.8 Å². The number of hydrogen-bond donors (Lipinski definition) is 1. The number of carbonyl (C=O) groups is 1. The minimum Gasteiger partial charge on any atom is -0.299 e. The van der Waals surface area contributed by atoms with Crippen LogP contribution in [0.3, 0.4) is 0 Å². The Balaban J connectivity index is 1.91. The molecular formula is C22H26N4O3S3. The second-order valence-corrected chi connectivity index (χ2v) is 11.5. The Morgan fingerprint density at radius 1 is 1.09 bits per heavy atom. The fourth-order valence-electron chi connectivity index (χ4n) is 2.94. The van der Waals surface area contributed by atoms with Gasteiger partial charge in [0.15, 0.2) is 4.34 Å². The Morgan fingerprint density at radius 3 is 2.50 bits per heavy atom. The number of carbonyl (C=O) groups excluding carboxylic acids is 1. The van der Waals surface area contributed by atoms with Gasteiger partial charge in [0.05, 0.1) is 10.6 Å². The van der Waals surface area contributed by atoms with Crippen molar-refractivity contribution in [3.05, 3.63) is 59.2 Å². The van der Waals surface area contributed by atoms with Gasteiger partial charge in [-0.2, -0.15) is 0 Å². The number of aryl methyl sites for hydroxylation is 2. The van der Waals surface area contributed by atoms with Gasteiger partial charge in [-0.15, -0.1) is 10.2 Å². The smallest absolute Gasteiger partial charge is 0.264 e. The minimum absolute atomic E-state index is 0.131. The fraction of sp³-hybridized carbons (Fsp3) is 0.318. The molecule has 3 aromatic rings. The zero-order valence-corrected chi connectivity index (χ0v) is 20.9. The van der Waals surface area contributed by atoms with Crippen molar-refractivity contribution in [1.29, 1.82) is 0 Å². The van der Waals surface area contributed by atoms with E-state index in [4.69, 9.17) is 0 Å². The summed E-state index contributed by atoms with van der Waals surface area (Å²) in [5, 5.41) is 11.1. The maximum Gasteiger partial charge on any atom is 0.264 e. The van der Waals surface area contributed by atoms with Crippen molar-refractivity contribution in [2.45, 2.75) is 43.4 Å². The molecule has 1 amide bonds. The average molecular weight is 491 g/mol. The Morgan fingerprint density at radius 2 is 1.81 bits per heavy atom. The van der Waals surface area contributed by atoms with Gasteiger partial charge in [-0.25, -0.2) is 8.42 Å². The van der Waals surface area contributed by atoms with Crippen molar-refractivity contribution in [2.75, 3.05) is 21.9 Å². The first kappa shape index (κ1) is 24.2. The van der Waals surface area contributed by atoms with Gasteiger partial charge in [0.2, 0.25) is 11.0 Å². The molecule has 170 valence electrons. The van der Waals surface area contributed by atoms with Crippen LogP contribution in [0.5, 0.6) is 0 Å². The quantitative estimate of drug-likeness (QED) is 0.342. The van der Waals surface area contributed by atoms with Crippen LogP contribution in [0.2, 0.25) is 0 Å². The summed E-state index contributed by atoms with van der Waals surface area (Å²) in [7, 11) is -3.97. The summed E-state index contributed by atoms with van der Waals surface area (Å²) in [6.07, 6.45) is 1.01. The van der Waals surface area contributed by atoms with E-state index in [0.29, 0.717) is 10.8 Å². The van der Waals surface area contributed by atoms with Gasteiger partial charge >= 0.3 is 0 Å². The number of nitrogens with one attached hydrogen (secondary N) is 1. The average Bonchev–Trinajstić information content (AvgIpc) is 3.20. The summed E-state index contributed by atoms with van der Waals surface area (Å²) in [6.45, 7) is 7.35. The lowest BCUT2D eigenvalue weighted by atomic mass is 10.1. The van der Waals surface area contributed by atoms with Crippen molar-refractivity contribution in [3.63, 3.8) is 0 Å². The predicted molar refractivity (Wildman–Crippen MR) is 131 cm³/mol. The van der Waals surface area contributed by atoms with E-state index in [-0.39, 0.29) is 11.4 Å². The molecule has 32 heavy (non-hydrogen) atoms. The summed E-state index contributed by atoms with van der Waals surface area (Å²) in [5.41, 5.74) is 3.16. The van der Waals surface area contributed by atoms with Crippen LogP contribution >= 0.6 is 23.1 Å². The van der Waals surface area contributed by atoms with E-state index in [1.165, 1.54) is 11.3 Å². The summed E-state index contributed by atoms with van der Waals surface area (Å²) in [6, 6.07) is 12.0. The molecule has 0 radical (unpaired) electrons. The van der Waals surface area contributed by atoms with E-state index >= 15 is 0 Å². The number of aromatic nitrogens is 2. The van der Waals surface area contributed by atoms with Gasteiger partial charge in [0, 0.05) is 5.75 Å². The first-order chi connectivity index (χ1) is 15.2. The Bertz CT molecular complexity index is 1190. The lowest BCUT2D eigenvalue weighted by molar-refractivity contribution is -0.114. The standard InChI is InChI=1S/C22H26N4O3S3/c1-5-13-30-22-25-24-21(31-22)23-20(27)14-26(19-8-6-7-16(3)17(19)4)32(28,29)18-11-9-15(2)10-12-18/h6-12H,5,13-14H2,1-4H3,(H,23,24,27). The first-order valence-electron chi connectivity index (χ1n) is 10.1. The van der Waals surface area contributed by atoms with Crippen LogP contribution in [-0.4, -0.2) is 36.8 Å². The lowest BCUT2D eigenvalue weighted by Gasteiger charge is -2.26. The number of rotatable bonds is 9. The Hall–Kier alpha value is -2.43. The molecule has 0 saturated heterocycles. The van der Waals surface area contributed by atoms with Crippen LogP contribution in [-0.2, 0) is 14.8 Å². The van der Waals surface area contributed by atoms with Gasteiger partial charge in [-0.05, 0) is 56.5 Å². The van der Waals surface area contributed by atoms with Crippen molar-refractivity contribution >= 4 is 49.8 Å². The number of nitrogens with zero attached hydrogens (tertiary/aromatic N) is 3. The van der Waals surface area contributed by atoms with E-state index in [0.717, 1.165) is 37.5 Å². The normalized spacial score (nSPS) is 11.4. The van der Waals surface area contributed by atoms with Gasteiger partial charge in [-0.3, -0.25) is 14.4 Å². The van der Waals surface area contributed by atoms with Gasteiger partial charge in [-0.1, -0.05) is 59.9 Å². The van der Waals surface area contributed by atoms with Crippen LogP contribution in [0.4, 0.5) is 10.8 Å². The van der Waals surface area contributed by atoms with Gasteiger partial charge in [0.25, 0.3) is 10.0 Å². The van der Waals surface area contributed by atoms with E-state index in [1.807, 2.05) is 26.8 Å². The number of anilines is 2. The molecule has 10 heteroatoms. The highest BCUT2D eigenvalue weighted by Gasteiger charge is 2.29. The molecule has 0 atom stereocenters. The SMILES string of the molecule is CCCSc1nnc(NC(=O)CN(c2cccc(C)c2C)S(=O)(=O)c2ccc(C)cc2)s1. The molecule has 0 aliphatic rings. The van der Waals surface area contributed by atoms with E-state index < -0.39 is 15.9 Å². The number of thioether (sulfide) groups is 1. The third kappa shape index (κ3) is 5.67. The molecule has 1 aromatic heterocycles. The van der Waals surface area contributed by atoms with Crippen LogP contribution < -0.4 is 9.62 Å². The first-order valence-corrected chi connectivity index (χ1v) is 13.4.